The first-order valence-corrected chi connectivity index (χ1v) is 9.01. The number of halogens is 1. The maximum Gasteiger partial charge on any atom is 0.226 e. The summed E-state index contributed by atoms with van der Waals surface area (Å²) in [7, 11) is 0. The van der Waals surface area contributed by atoms with Crippen molar-refractivity contribution >= 4 is 29.2 Å². The van der Waals surface area contributed by atoms with Crippen LogP contribution in [0.5, 0.6) is 0 Å². The van der Waals surface area contributed by atoms with E-state index >= 15 is 0 Å². The molecule has 0 atom stereocenters. The molecule has 0 aliphatic heterocycles. The summed E-state index contributed by atoms with van der Waals surface area (Å²) in [6.07, 6.45) is 3.45. The molecule has 0 bridgehead atoms. The predicted octanol–water partition coefficient (Wildman–Crippen LogP) is 2.90. The Bertz CT molecular complexity index is 1190. The van der Waals surface area contributed by atoms with Crippen LogP contribution in [0.15, 0.2) is 42.7 Å². The van der Waals surface area contributed by atoms with Crippen LogP contribution in [0, 0.1) is 5.82 Å². The minimum Gasteiger partial charge on any atom is -0.382 e. The third-order valence-electron chi connectivity index (χ3n) is 4.38. The topological polar surface area (TPSA) is 112 Å². The van der Waals surface area contributed by atoms with Gasteiger partial charge in [0, 0.05) is 23.9 Å². The van der Waals surface area contributed by atoms with Crippen molar-refractivity contribution in [3.63, 3.8) is 0 Å². The fourth-order valence-corrected chi connectivity index (χ4v) is 3.05. The number of rotatable bonds is 6. The molecule has 0 amide bonds. The molecule has 0 fully saturated rings. The van der Waals surface area contributed by atoms with Crippen LogP contribution in [0.4, 0.5) is 16.2 Å². The molecular formula is C20H18FN7O. The number of nitrogens with one attached hydrogen (secondary N) is 1. The van der Waals surface area contributed by atoms with Crippen molar-refractivity contribution in [2.75, 3.05) is 17.6 Å². The van der Waals surface area contributed by atoms with E-state index in [9.17, 15) is 9.18 Å². The summed E-state index contributed by atoms with van der Waals surface area (Å²) in [6.45, 7) is 2.95. The number of aromatic nitrogens is 5. The molecule has 0 saturated heterocycles. The summed E-state index contributed by atoms with van der Waals surface area (Å²) in [4.78, 5) is 28.2. The number of nitrogen functional groups attached to an aromatic ring is 1. The number of nitrogens with two attached hydrogens (primary N) is 1. The van der Waals surface area contributed by atoms with Crippen LogP contribution in [0.1, 0.15) is 22.8 Å². The summed E-state index contributed by atoms with van der Waals surface area (Å²) in [6, 6.07) is 8.52. The van der Waals surface area contributed by atoms with E-state index in [1.54, 1.807) is 12.1 Å². The van der Waals surface area contributed by atoms with Gasteiger partial charge in [0.2, 0.25) is 5.95 Å². The average molecular weight is 391 g/mol. The normalized spacial score (nSPS) is 11.0. The molecule has 0 aliphatic rings. The Kier molecular flexibility index (Phi) is 4.86. The van der Waals surface area contributed by atoms with Crippen LogP contribution >= 0.6 is 0 Å². The van der Waals surface area contributed by atoms with E-state index in [2.05, 4.69) is 25.3 Å². The molecular weight excluding hydrogens is 373 g/mol. The van der Waals surface area contributed by atoms with Crippen molar-refractivity contribution < 1.29 is 9.18 Å². The maximum atomic E-state index is 13.8. The Labute approximate surface area is 165 Å². The second kappa shape index (κ2) is 7.63. The minimum absolute atomic E-state index is 0.228. The Balaban J connectivity index is 1.91. The van der Waals surface area contributed by atoms with Gasteiger partial charge in [0.1, 0.15) is 17.9 Å². The molecule has 0 radical (unpaired) electrons. The fourth-order valence-electron chi connectivity index (χ4n) is 3.05. The zero-order valence-electron chi connectivity index (χ0n) is 15.6. The lowest BCUT2D eigenvalue weighted by Crippen LogP contribution is -2.08. The van der Waals surface area contributed by atoms with Gasteiger partial charge in [-0.3, -0.25) is 9.78 Å². The van der Waals surface area contributed by atoms with Crippen LogP contribution < -0.4 is 11.1 Å². The monoisotopic (exact) mass is 391 g/mol. The first kappa shape index (κ1) is 18.5. The molecule has 9 heteroatoms. The molecule has 0 unspecified atom stereocenters. The molecule has 29 heavy (non-hydrogen) atoms. The number of imidazole rings is 1. The second-order valence-corrected chi connectivity index (χ2v) is 6.41. The lowest BCUT2D eigenvalue weighted by Gasteiger charge is -2.10. The Hall–Kier alpha value is -3.88. The summed E-state index contributed by atoms with van der Waals surface area (Å²) >= 11 is 0. The third kappa shape index (κ3) is 3.62. The highest BCUT2D eigenvalue weighted by Gasteiger charge is 2.19. The van der Waals surface area contributed by atoms with Gasteiger partial charge in [-0.1, -0.05) is 24.3 Å². The molecule has 4 aromatic rings. The van der Waals surface area contributed by atoms with Crippen molar-refractivity contribution in [3.8, 4) is 11.4 Å². The number of pyridine rings is 1. The van der Waals surface area contributed by atoms with Gasteiger partial charge in [0.05, 0.1) is 12.7 Å². The lowest BCUT2D eigenvalue weighted by molar-refractivity contribution is 0.112. The molecule has 1 aromatic carbocycles. The van der Waals surface area contributed by atoms with Crippen molar-refractivity contribution in [2.24, 2.45) is 0 Å². The number of carbonyl (C=O) groups is 1. The van der Waals surface area contributed by atoms with Crippen molar-refractivity contribution in [1.82, 2.24) is 24.5 Å². The van der Waals surface area contributed by atoms with E-state index in [0.29, 0.717) is 47.2 Å². The zero-order valence-corrected chi connectivity index (χ0v) is 15.6. The van der Waals surface area contributed by atoms with Crippen LogP contribution in [-0.2, 0) is 6.54 Å². The van der Waals surface area contributed by atoms with Crippen LogP contribution in [0.25, 0.3) is 22.6 Å². The first-order valence-electron chi connectivity index (χ1n) is 9.01. The van der Waals surface area contributed by atoms with Gasteiger partial charge in [-0.25, -0.2) is 9.37 Å². The highest BCUT2D eigenvalue weighted by molar-refractivity contribution is 5.86. The van der Waals surface area contributed by atoms with E-state index < -0.39 is 5.82 Å². The third-order valence-corrected chi connectivity index (χ3v) is 4.38. The van der Waals surface area contributed by atoms with Gasteiger partial charge in [-0.05, 0) is 18.6 Å². The van der Waals surface area contributed by atoms with E-state index in [1.807, 2.05) is 23.6 Å². The SMILES string of the molecule is CCNc1nc(N)c2nc(-c3cncc(F)c3)n(Cc3ccc(C=O)cc3)c2n1. The van der Waals surface area contributed by atoms with Gasteiger partial charge in [0.25, 0.3) is 0 Å². The maximum absolute atomic E-state index is 13.8. The van der Waals surface area contributed by atoms with Crippen LogP contribution in [-0.4, -0.2) is 37.3 Å². The molecule has 3 heterocycles. The van der Waals surface area contributed by atoms with Crippen molar-refractivity contribution in [2.45, 2.75) is 13.5 Å². The summed E-state index contributed by atoms with van der Waals surface area (Å²) in [5.74, 6) is 0.621. The van der Waals surface area contributed by atoms with Gasteiger partial charge >= 0.3 is 0 Å². The second-order valence-electron chi connectivity index (χ2n) is 6.41. The summed E-state index contributed by atoms with van der Waals surface area (Å²) in [5, 5.41) is 3.05. The molecule has 3 N–H and O–H groups in total. The zero-order chi connectivity index (χ0) is 20.4. The largest absolute Gasteiger partial charge is 0.382 e. The number of hydrogen-bond donors (Lipinski definition) is 2. The highest BCUT2D eigenvalue weighted by atomic mass is 19.1. The molecule has 146 valence electrons. The number of aldehydes is 1. The van der Waals surface area contributed by atoms with Gasteiger partial charge < -0.3 is 15.6 Å². The number of fused-ring (bicyclic) bond motifs is 1. The molecule has 4 rings (SSSR count). The van der Waals surface area contributed by atoms with Crippen LogP contribution in [0.2, 0.25) is 0 Å². The lowest BCUT2D eigenvalue weighted by atomic mass is 10.1. The quantitative estimate of drug-likeness (QED) is 0.486. The molecule has 0 saturated carbocycles. The van der Waals surface area contributed by atoms with E-state index in [0.717, 1.165) is 18.0 Å². The minimum atomic E-state index is -0.469. The van der Waals surface area contributed by atoms with Gasteiger partial charge in [0.15, 0.2) is 17.0 Å². The Morgan fingerprint density at radius 2 is 1.97 bits per heavy atom. The van der Waals surface area contributed by atoms with E-state index in [-0.39, 0.29) is 5.82 Å². The number of carbonyl (C=O) groups excluding carboxylic acids is 1. The standard InChI is InChI=1S/C20H18FN7O/c1-2-24-20-26-17(22)16-19(27-20)28(10-12-3-5-13(11-29)6-4-12)18(25-16)14-7-15(21)9-23-8-14/h3-9,11H,2,10H2,1H3,(H3,22,24,26,27). The number of anilines is 2. The molecule has 0 spiro atoms. The number of nitrogens with zero attached hydrogens (tertiary/aromatic N) is 5. The summed E-state index contributed by atoms with van der Waals surface area (Å²) in [5.41, 5.74) is 9.06. The van der Waals surface area contributed by atoms with E-state index in [4.69, 9.17) is 5.73 Å². The fraction of sp³-hybridized carbons (Fsp3) is 0.150. The molecule has 3 aromatic heterocycles. The smallest absolute Gasteiger partial charge is 0.226 e. The van der Waals surface area contributed by atoms with Crippen molar-refractivity contribution in [1.29, 1.82) is 0 Å². The summed E-state index contributed by atoms with van der Waals surface area (Å²) < 4.78 is 15.6. The van der Waals surface area contributed by atoms with Crippen molar-refractivity contribution in [3.05, 3.63) is 59.7 Å². The van der Waals surface area contributed by atoms with Gasteiger partial charge in [-0.15, -0.1) is 0 Å². The van der Waals surface area contributed by atoms with Gasteiger partial charge in [-0.2, -0.15) is 9.97 Å². The number of benzene rings is 1. The number of hydrogen-bond acceptors (Lipinski definition) is 7. The Morgan fingerprint density at radius 3 is 2.66 bits per heavy atom. The molecule has 8 nitrogen and oxygen atoms in total. The first-order chi connectivity index (χ1) is 14.1. The predicted molar refractivity (Wildman–Crippen MR) is 108 cm³/mol. The average Bonchev–Trinajstić information content (AvgIpc) is 3.08. The van der Waals surface area contributed by atoms with E-state index in [1.165, 1.54) is 12.3 Å². The molecule has 0 aliphatic carbocycles. The highest BCUT2D eigenvalue weighted by Crippen LogP contribution is 2.28. The Morgan fingerprint density at radius 1 is 1.17 bits per heavy atom. The van der Waals surface area contributed by atoms with Crippen LogP contribution in [0.3, 0.4) is 0 Å².